The standard InChI is InChI=1S/C17H18N6O2/c1-12-4-3-5-13(10-12)19-17(24)18-11-16-20-21-22-23(16)14-6-8-15(25-2)9-7-14/h3-10H,11H2,1-2H3,(H2,18,19,24). The molecular formula is C17H18N6O2. The number of tetrazole rings is 1. The Kier molecular flexibility index (Phi) is 4.89. The van der Waals surface area contributed by atoms with Crippen LogP contribution in [0.2, 0.25) is 0 Å². The molecule has 0 radical (unpaired) electrons. The number of hydrogen-bond acceptors (Lipinski definition) is 5. The average molecular weight is 338 g/mol. The first-order valence-electron chi connectivity index (χ1n) is 7.69. The lowest BCUT2D eigenvalue weighted by molar-refractivity contribution is 0.251. The molecule has 3 rings (SSSR count). The van der Waals surface area contributed by atoms with E-state index in [-0.39, 0.29) is 12.6 Å². The fourth-order valence-corrected chi connectivity index (χ4v) is 2.30. The quantitative estimate of drug-likeness (QED) is 0.744. The van der Waals surface area contributed by atoms with Crippen molar-refractivity contribution >= 4 is 11.7 Å². The third kappa shape index (κ3) is 4.11. The van der Waals surface area contributed by atoms with Crippen LogP contribution in [0, 0.1) is 6.92 Å². The average Bonchev–Trinajstić information content (AvgIpc) is 3.08. The first-order valence-corrected chi connectivity index (χ1v) is 7.69. The number of hydrogen-bond donors (Lipinski definition) is 2. The van der Waals surface area contributed by atoms with Crippen molar-refractivity contribution in [2.45, 2.75) is 13.5 Å². The Bertz CT molecular complexity index is 860. The van der Waals surface area contributed by atoms with Gasteiger partial charge in [0.1, 0.15) is 5.75 Å². The van der Waals surface area contributed by atoms with Gasteiger partial charge in [-0.25, -0.2) is 4.79 Å². The number of anilines is 1. The summed E-state index contributed by atoms with van der Waals surface area (Å²) in [6, 6.07) is 14.6. The summed E-state index contributed by atoms with van der Waals surface area (Å²) in [7, 11) is 1.61. The van der Waals surface area contributed by atoms with Crippen molar-refractivity contribution in [1.82, 2.24) is 25.5 Å². The van der Waals surface area contributed by atoms with Gasteiger partial charge in [0.15, 0.2) is 5.82 Å². The second kappa shape index (κ2) is 7.43. The second-order valence-corrected chi connectivity index (χ2v) is 5.38. The van der Waals surface area contributed by atoms with Gasteiger partial charge in [0, 0.05) is 5.69 Å². The minimum atomic E-state index is -0.324. The lowest BCUT2D eigenvalue weighted by atomic mass is 10.2. The van der Waals surface area contributed by atoms with Crippen LogP contribution >= 0.6 is 0 Å². The Morgan fingerprint density at radius 1 is 1.20 bits per heavy atom. The molecule has 2 aromatic carbocycles. The van der Waals surface area contributed by atoms with Gasteiger partial charge in [-0.05, 0) is 59.3 Å². The lowest BCUT2D eigenvalue weighted by Crippen LogP contribution is -2.29. The van der Waals surface area contributed by atoms with Crippen LogP contribution < -0.4 is 15.4 Å². The Hall–Kier alpha value is -3.42. The zero-order valence-corrected chi connectivity index (χ0v) is 13.9. The first-order chi connectivity index (χ1) is 12.2. The normalized spacial score (nSPS) is 10.3. The molecule has 0 saturated carbocycles. The number of amides is 2. The van der Waals surface area contributed by atoms with Crippen molar-refractivity contribution in [2.24, 2.45) is 0 Å². The summed E-state index contributed by atoms with van der Waals surface area (Å²) in [5, 5.41) is 17.1. The third-order valence-corrected chi connectivity index (χ3v) is 3.53. The number of benzene rings is 2. The zero-order valence-electron chi connectivity index (χ0n) is 13.9. The summed E-state index contributed by atoms with van der Waals surface area (Å²) in [5.74, 6) is 1.26. The second-order valence-electron chi connectivity index (χ2n) is 5.38. The van der Waals surface area contributed by atoms with E-state index in [0.29, 0.717) is 5.82 Å². The molecule has 0 fully saturated rings. The Labute approximate surface area is 144 Å². The van der Waals surface area contributed by atoms with E-state index in [9.17, 15) is 4.79 Å². The molecule has 8 heteroatoms. The summed E-state index contributed by atoms with van der Waals surface area (Å²) >= 11 is 0. The third-order valence-electron chi connectivity index (χ3n) is 3.53. The number of rotatable bonds is 5. The van der Waals surface area contributed by atoms with Crippen LogP contribution in [-0.4, -0.2) is 33.3 Å². The molecule has 0 atom stereocenters. The maximum Gasteiger partial charge on any atom is 0.319 e. The van der Waals surface area contributed by atoms with Crippen molar-refractivity contribution in [1.29, 1.82) is 0 Å². The van der Waals surface area contributed by atoms with Crippen LogP contribution in [-0.2, 0) is 6.54 Å². The maximum absolute atomic E-state index is 12.0. The molecule has 2 N–H and O–H groups in total. The van der Waals surface area contributed by atoms with Crippen LogP contribution in [0.3, 0.4) is 0 Å². The van der Waals surface area contributed by atoms with Gasteiger partial charge < -0.3 is 15.4 Å². The molecule has 0 saturated heterocycles. The Balaban J connectivity index is 1.64. The SMILES string of the molecule is COc1ccc(-n2nnnc2CNC(=O)Nc2cccc(C)c2)cc1. The summed E-state index contributed by atoms with van der Waals surface area (Å²) < 4.78 is 6.70. The van der Waals surface area contributed by atoms with E-state index in [4.69, 9.17) is 4.74 Å². The van der Waals surface area contributed by atoms with Gasteiger partial charge in [0.25, 0.3) is 0 Å². The van der Waals surface area contributed by atoms with Crippen molar-refractivity contribution in [3.05, 3.63) is 59.9 Å². The van der Waals surface area contributed by atoms with E-state index >= 15 is 0 Å². The van der Waals surface area contributed by atoms with E-state index in [0.717, 1.165) is 22.7 Å². The van der Waals surface area contributed by atoms with Gasteiger partial charge >= 0.3 is 6.03 Å². The summed E-state index contributed by atoms with van der Waals surface area (Å²) in [5.41, 5.74) is 2.58. The fraction of sp³-hybridized carbons (Fsp3) is 0.176. The Morgan fingerprint density at radius 2 is 2.00 bits per heavy atom. The summed E-state index contributed by atoms with van der Waals surface area (Å²) in [6.45, 7) is 2.16. The van der Waals surface area contributed by atoms with Crippen LogP contribution in [0.1, 0.15) is 11.4 Å². The number of nitrogens with one attached hydrogen (secondary N) is 2. The first kappa shape index (κ1) is 16.4. The summed E-state index contributed by atoms with van der Waals surface area (Å²) in [6.07, 6.45) is 0. The maximum atomic E-state index is 12.0. The minimum Gasteiger partial charge on any atom is -0.497 e. The molecule has 1 heterocycles. The predicted octanol–water partition coefficient (Wildman–Crippen LogP) is 2.30. The van der Waals surface area contributed by atoms with Gasteiger partial charge in [-0.2, -0.15) is 4.68 Å². The van der Waals surface area contributed by atoms with Gasteiger partial charge in [-0.3, -0.25) is 0 Å². The topological polar surface area (TPSA) is 94.0 Å². The number of aromatic nitrogens is 4. The highest BCUT2D eigenvalue weighted by atomic mass is 16.5. The number of carbonyl (C=O) groups excluding carboxylic acids is 1. The lowest BCUT2D eigenvalue weighted by Gasteiger charge is -2.09. The molecule has 0 unspecified atom stereocenters. The van der Waals surface area contributed by atoms with Crippen LogP contribution in [0.4, 0.5) is 10.5 Å². The number of urea groups is 1. The van der Waals surface area contributed by atoms with Crippen molar-refractivity contribution in [3.63, 3.8) is 0 Å². The molecule has 0 aliphatic rings. The molecule has 25 heavy (non-hydrogen) atoms. The number of carbonyl (C=O) groups is 1. The van der Waals surface area contributed by atoms with Gasteiger partial charge in [-0.1, -0.05) is 12.1 Å². The number of ether oxygens (including phenoxy) is 1. The van der Waals surface area contributed by atoms with Crippen molar-refractivity contribution in [3.8, 4) is 11.4 Å². The molecule has 3 aromatic rings. The molecule has 1 aromatic heterocycles. The molecule has 0 aliphatic carbocycles. The van der Waals surface area contributed by atoms with E-state index < -0.39 is 0 Å². The van der Waals surface area contributed by atoms with Crippen LogP contribution in [0.25, 0.3) is 5.69 Å². The zero-order chi connectivity index (χ0) is 17.6. The highest BCUT2D eigenvalue weighted by Crippen LogP contribution is 2.15. The molecule has 8 nitrogen and oxygen atoms in total. The van der Waals surface area contributed by atoms with E-state index in [1.54, 1.807) is 11.8 Å². The molecule has 0 spiro atoms. The number of methoxy groups -OCH3 is 1. The van der Waals surface area contributed by atoms with Crippen molar-refractivity contribution < 1.29 is 9.53 Å². The largest absolute Gasteiger partial charge is 0.497 e. The molecule has 0 bridgehead atoms. The van der Waals surface area contributed by atoms with Gasteiger partial charge in [0.05, 0.1) is 19.3 Å². The number of nitrogens with zero attached hydrogens (tertiary/aromatic N) is 4. The van der Waals surface area contributed by atoms with E-state index in [1.807, 2.05) is 55.5 Å². The van der Waals surface area contributed by atoms with E-state index in [1.165, 1.54) is 0 Å². The highest BCUT2D eigenvalue weighted by Gasteiger charge is 2.10. The van der Waals surface area contributed by atoms with Gasteiger partial charge in [0.2, 0.25) is 0 Å². The number of aryl methyl sites for hydroxylation is 1. The fourth-order valence-electron chi connectivity index (χ4n) is 2.30. The Morgan fingerprint density at radius 3 is 2.72 bits per heavy atom. The summed E-state index contributed by atoms with van der Waals surface area (Å²) in [4.78, 5) is 12.0. The minimum absolute atomic E-state index is 0.191. The van der Waals surface area contributed by atoms with Crippen LogP contribution in [0.5, 0.6) is 5.75 Å². The smallest absolute Gasteiger partial charge is 0.319 e. The van der Waals surface area contributed by atoms with E-state index in [2.05, 4.69) is 26.2 Å². The molecular weight excluding hydrogens is 320 g/mol. The monoisotopic (exact) mass is 338 g/mol. The highest BCUT2D eigenvalue weighted by molar-refractivity contribution is 5.89. The predicted molar refractivity (Wildman–Crippen MR) is 92.7 cm³/mol. The molecule has 2 amide bonds. The van der Waals surface area contributed by atoms with Gasteiger partial charge in [-0.15, -0.1) is 5.10 Å². The van der Waals surface area contributed by atoms with Crippen LogP contribution in [0.15, 0.2) is 48.5 Å². The van der Waals surface area contributed by atoms with Crippen molar-refractivity contribution in [2.75, 3.05) is 12.4 Å². The molecule has 128 valence electrons. The molecule has 0 aliphatic heterocycles.